The predicted molar refractivity (Wildman–Crippen MR) is 108 cm³/mol. The zero-order valence-electron chi connectivity index (χ0n) is 15.4. The summed E-state index contributed by atoms with van der Waals surface area (Å²) >= 11 is 3.48. The fourth-order valence-electron chi connectivity index (χ4n) is 3.14. The maximum Gasteiger partial charge on any atom is 0.251 e. The normalized spacial score (nSPS) is 15.4. The molecule has 7 heteroatoms. The highest BCUT2D eigenvalue weighted by molar-refractivity contribution is 9.10. The SMILES string of the molecule is Cn1ccnc1COc1ccc(C(=O)NC2CCOc3ccc(Br)cc32)cc1. The van der Waals surface area contributed by atoms with Crippen molar-refractivity contribution in [3.05, 3.63) is 76.3 Å². The lowest BCUT2D eigenvalue weighted by molar-refractivity contribution is 0.0924. The minimum atomic E-state index is -0.117. The molecule has 0 fully saturated rings. The summed E-state index contributed by atoms with van der Waals surface area (Å²) in [4.78, 5) is 16.9. The number of nitrogens with one attached hydrogen (secondary N) is 1. The number of imidazole rings is 1. The molecule has 1 atom stereocenters. The van der Waals surface area contributed by atoms with Crippen LogP contribution in [0, 0.1) is 0 Å². The summed E-state index contributed by atoms with van der Waals surface area (Å²) in [5.41, 5.74) is 1.58. The molecular weight excluding hydrogens is 422 g/mol. The van der Waals surface area contributed by atoms with Crippen LogP contribution in [0.4, 0.5) is 0 Å². The number of halogens is 1. The number of aryl methyl sites for hydroxylation is 1. The van der Waals surface area contributed by atoms with E-state index >= 15 is 0 Å². The summed E-state index contributed by atoms with van der Waals surface area (Å²) in [6.07, 6.45) is 4.35. The molecule has 3 aromatic rings. The number of fused-ring (bicyclic) bond motifs is 1. The lowest BCUT2D eigenvalue weighted by Crippen LogP contribution is -2.32. The second kappa shape index (κ2) is 8.06. The Hall–Kier alpha value is -2.80. The molecule has 1 N–H and O–H groups in total. The van der Waals surface area contributed by atoms with Crippen molar-refractivity contribution in [1.29, 1.82) is 0 Å². The molecule has 0 bridgehead atoms. The predicted octanol–water partition coefficient (Wildman–Crippen LogP) is 4.02. The topological polar surface area (TPSA) is 65.4 Å². The van der Waals surface area contributed by atoms with E-state index in [0.29, 0.717) is 24.5 Å². The lowest BCUT2D eigenvalue weighted by Gasteiger charge is -2.27. The number of rotatable bonds is 5. The molecule has 1 amide bonds. The molecule has 1 aromatic heterocycles. The van der Waals surface area contributed by atoms with E-state index in [1.807, 2.05) is 36.0 Å². The summed E-state index contributed by atoms with van der Waals surface area (Å²) < 4.78 is 14.3. The van der Waals surface area contributed by atoms with Crippen molar-refractivity contribution in [3.8, 4) is 11.5 Å². The van der Waals surface area contributed by atoms with Gasteiger partial charge >= 0.3 is 0 Å². The van der Waals surface area contributed by atoms with Gasteiger partial charge in [-0.2, -0.15) is 0 Å². The van der Waals surface area contributed by atoms with Crippen LogP contribution >= 0.6 is 15.9 Å². The van der Waals surface area contributed by atoms with Crippen molar-refractivity contribution in [2.24, 2.45) is 7.05 Å². The Morgan fingerprint density at radius 1 is 1.32 bits per heavy atom. The van der Waals surface area contributed by atoms with Crippen LogP contribution in [0.1, 0.15) is 34.2 Å². The molecule has 0 aliphatic carbocycles. The number of aromatic nitrogens is 2. The third-order valence-corrected chi connectivity index (χ3v) is 5.22. The minimum Gasteiger partial charge on any atom is -0.493 e. The molecule has 2 aromatic carbocycles. The summed E-state index contributed by atoms with van der Waals surface area (Å²) in [5, 5.41) is 3.11. The van der Waals surface area contributed by atoms with Crippen molar-refractivity contribution in [1.82, 2.24) is 14.9 Å². The Labute approximate surface area is 171 Å². The Balaban J connectivity index is 1.40. The highest BCUT2D eigenvalue weighted by atomic mass is 79.9. The molecule has 0 saturated carbocycles. The average Bonchev–Trinajstić information content (AvgIpc) is 3.12. The van der Waals surface area contributed by atoms with Gasteiger partial charge in [0.1, 0.15) is 23.9 Å². The monoisotopic (exact) mass is 441 g/mol. The van der Waals surface area contributed by atoms with Gasteiger partial charge in [-0.25, -0.2) is 4.98 Å². The highest BCUT2D eigenvalue weighted by Crippen LogP contribution is 2.34. The molecule has 1 unspecified atom stereocenters. The lowest BCUT2D eigenvalue weighted by atomic mass is 10.00. The number of hydrogen-bond donors (Lipinski definition) is 1. The van der Waals surface area contributed by atoms with Crippen LogP contribution in [0.15, 0.2) is 59.3 Å². The largest absolute Gasteiger partial charge is 0.493 e. The third-order valence-electron chi connectivity index (χ3n) is 4.72. The van der Waals surface area contributed by atoms with E-state index < -0.39 is 0 Å². The first kappa shape index (κ1) is 18.6. The zero-order valence-corrected chi connectivity index (χ0v) is 17.0. The molecule has 2 heterocycles. The van der Waals surface area contributed by atoms with Gasteiger partial charge in [0.05, 0.1) is 12.6 Å². The molecule has 1 aliphatic rings. The summed E-state index contributed by atoms with van der Waals surface area (Å²) in [5.74, 6) is 2.23. The smallest absolute Gasteiger partial charge is 0.251 e. The van der Waals surface area contributed by atoms with E-state index in [2.05, 4.69) is 26.2 Å². The van der Waals surface area contributed by atoms with Crippen LogP contribution in [0.5, 0.6) is 11.5 Å². The molecule has 144 valence electrons. The van der Waals surface area contributed by atoms with Crippen molar-refractivity contribution >= 4 is 21.8 Å². The Bertz CT molecular complexity index is 985. The Morgan fingerprint density at radius 3 is 2.89 bits per heavy atom. The van der Waals surface area contributed by atoms with Crippen LogP contribution in [0.25, 0.3) is 0 Å². The Morgan fingerprint density at radius 2 is 2.14 bits per heavy atom. The first-order valence-electron chi connectivity index (χ1n) is 9.02. The number of hydrogen-bond acceptors (Lipinski definition) is 4. The van der Waals surface area contributed by atoms with Crippen molar-refractivity contribution in [2.75, 3.05) is 6.61 Å². The van der Waals surface area contributed by atoms with E-state index in [4.69, 9.17) is 9.47 Å². The van der Waals surface area contributed by atoms with Crippen LogP contribution < -0.4 is 14.8 Å². The number of carbonyl (C=O) groups is 1. The van der Waals surface area contributed by atoms with Gasteiger partial charge in [0.25, 0.3) is 5.91 Å². The van der Waals surface area contributed by atoms with Crippen LogP contribution in [-0.4, -0.2) is 22.1 Å². The van der Waals surface area contributed by atoms with E-state index in [9.17, 15) is 4.79 Å². The summed E-state index contributed by atoms with van der Waals surface area (Å²) in [6, 6.07) is 12.9. The van der Waals surface area contributed by atoms with Crippen LogP contribution in [0.2, 0.25) is 0 Å². The first-order chi connectivity index (χ1) is 13.6. The second-order valence-electron chi connectivity index (χ2n) is 6.61. The number of ether oxygens (including phenoxy) is 2. The van der Waals surface area contributed by atoms with Gasteiger partial charge in [-0.3, -0.25) is 4.79 Å². The average molecular weight is 442 g/mol. The van der Waals surface area contributed by atoms with Gasteiger partial charge in [0, 0.05) is 41.5 Å². The fourth-order valence-corrected chi connectivity index (χ4v) is 3.52. The van der Waals surface area contributed by atoms with E-state index in [1.165, 1.54) is 0 Å². The number of nitrogens with zero attached hydrogens (tertiary/aromatic N) is 2. The number of benzene rings is 2. The van der Waals surface area contributed by atoms with E-state index in [0.717, 1.165) is 28.0 Å². The summed E-state index contributed by atoms with van der Waals surface area (Å²) in [7, 11) is 1.92. The molecule has 4 rings (SSSR count). The van der Waals surface area contributed by atoms with Crippen molar-refractivity contribution < 1.29 is 14.3 Å². The molecular formula is C21H20BrN3O3. The van der Waals surface area contributed by atoms with Crippen LogP contribution in [0.3, 0.4) is 0 Å². The van der Waals surface area contributed by atoms with Gasteiger partial charge in [0.2, 0.25) is 0 Å². The maximum atomic E-state index is 12.7. The summed E-state index contributed by atoms with van der Waals surface area (Å²) in [6.45, 7) is 0.961. The molecule has 0 saturated heterocycles. The first-order valence-corrected chi connectivity index (χ1v) is 9.81. The van der Waals surface area contributed by atoms with Gasteiger partial charge < -0.3 is 19.4 Å². The molecule has 6 nitrogen and oxygen atoms in total. The van der Waals surface area contributed by atoms with Gasteiger partial charge in [-0.05, 0) is 42.5 Å². The highest BCUT2D eigenvalue weighted by Gasteiger charge is 2.23. The number of carbonyl (C=O) groups excluding carboxylic acids is 1. The fraction of sp³-hybridized carbons (Fsp3) is 0.238. The molecule has 0 spiro atoms. The molecule has 0 radical (unpaired) electrons. The minimum absolute atomic E-state index is 0.0758. The number of amides is 1. The second-order valence-corrected chi connectivity index (χ2v) is 7.53. The third kappa shape index (κ3) is 4.04. The standard InChI is InChI=1S/C21H20BrN3O3/c1-25-10-9-23-20(25)13-28-16-5-2-14(3-6-16)21(26)24-18-8-11-27-19-7-4-15(22)12-17(18)19/h2-7,9-10,12,18H,8,11,13H2,1H3,(H,24,26). The maximum absolute atomic E-state index is 12.7. The zero-order chi connectivity index (χ0) is 19.5. The Kier molecular flexibility index (Phi) is 5.34. The van der Waals surface area contributed by atoms with Gasteiger partial charge in [0.15, 0.2) is 0 Å². The van der Waals surface area contributed by atoms with Crippen molar-refractivity contribution in [3.63, 3.8) is 0 Å². The quantitative estimate of drug-likeness (QED) is 0.649. The van der Waals surface area contributed by atoms with E-state index in [-0.39, 0.29) is 11.9 Å². The van der Waals surface area contributed by atoms with Gasteiger partial charge in [-0.15, -0.1) is 0 Å². The van der Waals surface area contributed by atoms with E-state index in [1.54, 1.807) is 30.5 Å². The van der Waals surface area contributed by atoms with Crippen molar-refractivity contribution in [2.45, 2.75) is 19.1 Å². The molecule has 1 aliphatic heterocycles. The van der Waals surface area contributed by atoms with Crippen LogP contribution in [-0.2, 0) is 13.7 Å². The van der Waals surface area contributed by atoms with Gasteiger partial charge in [-0.1, -0.05) is 15.9 Å². The molecule has 28 heavy (non-hydrogen) atoms.